The van der Waals surface area contributed by atoms with Crippen LogP contribution >= 0.6 is 0 Å². The van der Waals surface area contributed by atoms with Crippen LogP contribution in [-0.4, -0.2) is 15.6 Å². The Morgan fingerprint density at radius 3 is 2.65 bits per heavy atom. The number of carbonyl (C=O) groups is 1. The van der Waals surface area contributed by atoms with E-state index in [2.05, 4.69) is 18.1 Å². The monoisotopic (exact) mass is 272 g/mol. The summed E-state index contributed by atoms with van der Waals surface area (Å²) in [6, 6.07) is 7.56. The molecule has 0 unspecified atom stereocenters. The number of nitrogens with zero attached hydrogens (tertiary/aromatic N) is 2. The predicted octanol–water partition coefficient (Wildman–Crippen LogP) is 3.07. The lowest BCUT2D eigenvalue weighted by atomic mass is 10.1. The molecule has 0 fully saturated rings. The van der Waals surface area contributed by atoms with E-state index in [1.165, 1.54) is 0 Å². The van der Waals surface area contributed by atoms with Gasteiger partial charge in [-0.1, -0.05) is 6.92 Å². The van der Waals surface area contributed by atoms with Gasteiger partial charge in [0.05, 0.1) is 11.4 Å². The van der Waals surface area contributed by atoms with Gasteiger partial charge in [0.2, 0.25) is 0 Å². The largest absolute Gasteiger partial charge is 0.487 e. The van der Waals surface area contributed by atoms with E-state index in [0.717, 1.165) is 29.1 Å². The Balaban J connectivity index is 2.10. The molecule has 106 valence electrons. The number of ether oxygens (including phenoxy) is 1. The summed E-state index contributed by atoms with van der Waals surface area (Å²) in [7, 11) is 1.92. The van der Waals surface area contributed by atoms with E-state index >= 15 is 0 Å². The highest BCUT2D eigenvalue weighted by Gasteiger charge is 2.07. The second kappa shape index (κ2) is 5.90. The van der Waals surface area contributed by atoms with Gasteiger partial charge in [0.15, 0.2) is 5.78 Å². The molecule has 20 heavy (non-hydrogen) atoms. The number of rotatable bonds is 5. The van der Waals surface area contributed by atoms with E-state index in [4.69, 9.17) is 4.74 Å². The second-order valence-corrected chi connectivity index (χ2v) is 4.93. The molecule has 0 atom stereocenters. The Hall–Kier alpha value is -2.10. The molecule has 0 saturated carbocycles. The van der Waals surface area contributed by atoms with Crippen LogP contribution in [0.5, 0.6) is 5.75 Å². The minimum absolute atomic E-state index is 0.0684. The summed E-state index contributed by atoms with van der Waals surface area (Å²) in [6.45, 7) is 6.07. The maximum Gasteiger partial charge on any atom is 0.159 e. The van der Waals surface area contributed by atoms with Crippen molar-refractivity contribution >= 4 is 5.78 Å². The molecular weight excluding hydrogens is 252 g/mol. The molecule has 0 saturated heterocycles. The Bertz CT molecular complexity index is 629. The Labute approximate surface area is 119 Å². The summed E-state index contributed by atoms with van der Waals surface area (Å²) < 4.78 is 7.67. The summed E-state index contributed by atoms with van der Waals surface area (Å²) in [5.74, 6) is 0.869. The summed E-state index contributed by atoms with van der Waals surface area (Å²) in [5, 5.41) is 4.39. The van der Waals surface area contributed by atoms with Gasteiger partial charge in [-0.3, -0.25) is 9.48 Å². The number of aromatic nitrogens is 2. The molecule has 2 aromatic rings. The van der Waals surface area contributed by atoms with Crippen LogP contribution in [0.25, 0.3) is 0 Å². The molecular formula is C16H20N2O2. The van der Waals surface area contributed by atoms with Crippen molar-refractivity contribution in [1.82, 2.24) is 9.78 Å². The van der Waals surface area contributed by atoms with Gasteiger partial charge in [-0.2, -0.15) is 5.10 Å². The van der Waals surface area contributed by atoms with Crippen LogP contribution in [0.1, 0.15) is 41.2 Å². The minimum Gasteiger partial charge on any atom is -0.487 e. The number of aryl methyl sites for hydroxylation is 3. The van der Waals surface area contributed by atoms with Gasteiger partial charge in [-0.15, -0.1) is 0 Å². The topological polar surface area (TPSA) is 44.1 Å². The second-order valence-electron chi connectivity index (χ2n) is 4.93. The van der Waals surface area contributed by atoms with Crippen molar-refractivity contribution < 1.29 is 9.53 Å². The van der Waals surface area contributed by atoms with Crippen LogP contribution in [0, 0.1) is 6.92 Å². The van der Waals surface area contributed by atoms with Crippen LogP contribution < -0.4 is 4.74 Å². The zero-order valence-corrected chi connectivity index (χ0v) is 12.4. The first-order chi connectivity index (χ1) is 9.51. The molecule has 1 aromatic heterocycles. The van der Waals surface area contributed by atoms with Gasteiger partial charge in [-0.25, -0.2) is 0 Å². The Kier molecular flexibility index (Phi) is 4.23. The van der Waals surface area contributed by atoms with Crippen molar-refractivity contribution in [3.63, 3.8) is 0 Å². The van der Waals surface area contributed by atoms with Crippen LogP contribution in [-0.2, 0) is 20.1 Å². The van der Waals surface area contributed by atoms with E-state index in [1.807, 2.05) is 30.8 Å². The van der Waals surface area contributed by atoms with Gasteiger partial charge < -0.3 is 4.74 Å². The molecule has 0 spiro atoms. The number of carbonyl (C=O) groups excluding carboxylic acids is 1. The van der Waals surface area contributed by atoms with Crippen molar-refractivity contribution in [1.29, 1.82) is 0 Å². The molecule has 0 aliphatic carbocycles. The molecule has 0 radical (unpaired) electrons. The Morgan fingerprint density at radius 2 is 2.10 bits per heavy atom. The maximum absolute atomic E-state index is 11.3. The average Bonchev–Trinajstić information content (AvgIpc) is 2.78. The summed E-state index contributed by atoms with van der Waals surface area (Å²) in [4.78, 5) is 11.3. The van der Waals surface area contributed by atoms with E-state index < -0.39 is 0 Å². The van der Waals surface area contributed by atoms with Crippen molar-refractivity contribution in [3.05, 3.63) is 46.8 Å². The molecule has 0 aliphatic heterocycles. The third kappa shape index (κ3) is 3.07. The molecule has 1 heterocycles. The first kappa shape index (κ1) is 14.3. The van der Waals surface area contributed by atoms with Crippen molar-refractivity contribution in [2.45, 2.75) is 33.8 Å². The molecule has 0 bridgehead atoms. The first-order valence-corrected chi connectivity index (χ1v) is 6.77. The number of Topliss-reactive ketones (excluding diaryl/α,β-unsaturated/α-hetero) is 1. The lowest BCUT2D eigenvalue weighted by Gasteiger charge is -2.10. The molecule has 0 aliphatic rings. The number of hydrogen-bond donors (Lipinski definition) is 0. The minimum atomic E-state index is 0.0684. The Morgan fingerprint density at radius 1 is 1.35 bits per heavy atom. The smallest absolute Gasteiger partial charge is 0.159 e. The third-order valence-corrected chi connectivity index (χ3v) is 3.35. The van der Waals surface area contributed by atoms with Crippen molar-refractivity contribution in [3.8, 4) is 5.75 Å². The van der Waals surface area contributed by atoms with Gasteiger partial charge >= 0.3 is 0 Å². The van der Waals surface area contributed by atoms with Gasteiger partial charge in [0.1, 0.15) is 12.4 Å². The summed E-state index contributed by atoms with van der Waals surface area (Å²) in [6.07, 6.45) is 0.917. The SMILES string of the molecule is CCc1cc(COc2ccc(C(C)=O)cc2C)n(C)n1. The highest BCUT2D eigenvalue weighted by molar-refractivity contribution is 5.94. The molecule has 1 aromatic carbocycles. The van der Waals surface area contributed by atoms with E-state index in [1.54, 1.807) is 13.0 Å². The zero-order valence-electron chi connectivity index (χ0n) is 12.4. The van der Waals surface area contributed by atoms with Crippen molar-refractivity contribution in [2.24, 2.45) is 7.05 Å². The fourth-order valence-electron chi connectivity index (χ4n) is 2.06. The fraction of sp³-hybridized carbons (Fsp3) is 0.375. The number of hydrogen-bond acceptors (Lipinski definition) is 3. The molecule has 0 amide bonds. The summed E-state index contributed by atoms with van der Waals surface area (Å²) >= 11 is 0. The quantitative estimate of drug-likeness (QED) is 0.786. The molecule has 2 rings (SSSR count). The van der Waals surface area contributed by atoms with Gasteiger partial charge in [0.25, 0.3) is 0 Å². The van der Waals surface area contributed by atoms with Gasteiger partial charge in [-0.05, 0) is 50.1 Å². The van der Waals surface area contributed by atoms with Crippen LogP contribution in [0.3, 0.4) is 0 Å². The third-order valence-electron chi connectivity index (χ3n) is 3.35. The highest BCUT2D eigenvalue weighted by Crippen LogP contribution is 2.20. The van der Waals surface area contributed by atoms with Gasteiger partial charge in [0, 0.05) is 12.6 Å². The lowest BCUT2D eigenvalue weighted by molar-refractivity contribution is 0.101. The van der Waals surface area contributed by atoms with E-state index in [9.17, 15) is 4.79 Å². The lowest BCUT2D eigenvalue weighted by Crippen LogP contribution is -2.04. The number of benzene rings is 1. The van der Waals surface area contributed by atoms with Crippen LogP contribution in [0.4, 0.5) is 0 Å². The van der Waals surface area contributed by atoms with Crippen molar-refractivity contribution in [2.75, 3.05) is 0 Å². The summed E-state index contributed by atoms with van der Waals surface area (Å²) in [5.41, 5.74) is 3.78. The molecule has 4 heteroatoms. The zero-order chi connectivity index (χ0) is 14.7. The first-order valence-electron chi connectivity index (χ1n) is 6.77. The fourth-order valence-corrected chi connectivity index (χ4v) is 2.06. The molecule has 4 nitrogen and oxygen atoms in total. The van der Waals surface area contributed by atoms with Crippen LogP contribution in [0.2, 0.25) is 0 Å². The normalized spacial score (nSPS) is 10.6. The predicted molar refractivity (Wildman–Crippen MR) is 78.1 cm³/mol. The highest BCUT2D eigenvalue weighted by atomic mass is 16.5. The van der Waals surface area contributed by atoms with Crippen LogP contribution in [0.15, 0.2) is 24.3 Å². The maximum atomic E-state index is 11.3. The van der Waals surface area contributed by atoms with E-state index in [-0.39, 0.29) is 5.78 Å². The average molecular weight is 272 g/mol. The molecule has 0 N–H and O–H groups in total. The standard InChI is InChI=1S/C16H20N2O2/c1-5-14-9-15(18(4)17-14)10-20-16-7-6-13(12(3)19)8-11(16)2/h6-9H,5,10H2,1-4H3. The van der Waals surface area contributed by atoms with E-state index in [0.29, 0.717) is 12.2 Å². The number of ketones is 1.